The van der Waals surface area contributed by atoms with Crippen LogP contribution in [0.3, 0.4) is 0 Å². The Labute approximate surface area is 269 Å². The van der Waals surface area contributed by atoms with Gasteiger partial charge in [-0.2, -0.15) is 0 Å². The first kappa shape index (κ1) is 43.3. The molecule has 0 aliphatic carbocycles. The predicted molar refractivity (Wildman–Crippen MR) is 190 cm³/mol. The van der Waals surface area contributed by atoms with E-state index in [4.69, 9.17) is 20.7 Å². The molecule has 0 amide bonds. The molecule has 250 valence electrons. The van der Waals surface area contributed by atoms with E-state index in [2.05, 4.69) is 81.2 Å². The Kier molecular flexibility index (Phi) is 22.0. The predicted octanol–water partition coefficient (Wildman–Crippen LogP) is 9.09. The number of nitrogens with zero attached hydrogens (tertiary/aromatic N) is 2. The van der Waals surface area contributed by atoms with Crippen molar-refractivity contribution in [1.82, 2.24) is 5.48 Å². The first-order valence-corrected chi connectivity index (χ1v) is 16.5. The van der Waals surface area contributed by atoms with E-state index in [0.29, 0.717) is 12.0 Å². The van der Waals surface area contributed by atoms with Gasteiger partial charge in [0.15, 0.2) is 0 Å². The van der Waals surface area contributed by atoms with Gasteiger partial charge in [0.2, 0.25) is 0 Å². The third kappa shape index (κ3) is 20.0. The molecule has 43 heavy (non-hydrogen) atoms. The quantitative estimate of drug-likeness (QED) is 0.0761. The van der Waals surface area contributed by atoms with Crippen LogP contribution >= 0.6 is 11.3 Å². The lowest BCUT2D eigenvalue weighted by Gasteiger charge is -2.24. The summed E-state index contributed by atoms with van der Waals surface area (Å²) in [5, 5.41) is 9.81. The van der Waals surface area contributed by atoms with Crippen molar-refractivity contribution in [2.45, 2.75) is 134 Å². The van der Waals surface area contributed by atoms with Crippen molar-refractivity contribution in [2.75, 3.05) is 25.5 Å². The molecule has 0 spiro atoms. The van der Waals surface area contributed by atoms with Gasteiger partial charge in [-0.25, -0.2) is 15.3 Å². The number of nitrogens with two attached hydrogens (primary N) is 1. The van der Waals surface area contributed by atoms with E-state index in [1.807, 2.05) is 69.5 Å². The number of hydrogen-bond donors (Lipinski definition) is 3. The van der Waals surface area contributed by atoms with E-state index in [9.17, 15) is 0 Å². The van der Waals surface area contributed by atoms with Gasteiger partial charge < -0.3 is 15.8 Å². The highest BCUT2D eigenvalue weighted by molar-refractivity contribution is 7.16. The SMILES string of the molecule is CC.CC(C)(C)C.CC(C)OOC(C)(C)C.CN=C(c1ccc(CCCCNO)cc1)c1c(N(C)C(C)N)sc(C)c1C. The van der Waals surface area contributed by atoms with Crippen LogP contribution in [-0.4, -0.2) is 49.4 Å². The van der Waals surface area contributed by atoms with Gasteiger partial charge in [-0.15, -0.1) is 11.3 Å². The lowest BCUT2D eigenvalue weighted by molar-refractivity contribution is -0.367. The maximum absolute atomic E-state index is 8.64. The molecule has 8 heteroatoms. The van der Waals surface area contributed by atoms with Crippen molar-refractivity contribution in [2.24, 2.45) is 16.1 Å². The van der Waals surface area contributed by atoms with Crippen LogP contribution < -0.4 is 16.1 Å². The van der Waals surface area contributed by atoms with Gasteiger partial charge in [-0.1, -0.05) is 65.8 Å². The van der Waals surface area contributed by atoms with Gasteiger partial charge in [-0.3, -0.25) is 4.99 Å². The second-order valence-corrected chi connectivity index (χ2v) is 14.5. The Hall–Kier alpha value is -1.81. The van der Waals surface area contributed by atoms with Gasteiger partial charge in [0.1, 0.15) is 5.00 Å². The van der Waals surface area contributed by atoms with Crippen molar-refractivity contribution in [3.63, 3.8) is 0 Å². The largest absolute Gasteiger partial charge is 0.351 e. The first-order chi connectivity index (χ1) is 19.8. The van der Waals surface area contributed by atoms with Gasteiger partial charge in [-0.05, 0) is 91.2 Å². The maximum atomic E-state index is 8.64. The zero-order valence-corrected chi connectivity index (χ0v) is 31.3. The average molecular weight is 623 g/mol. The molecule has 7 nitrogen and oxygen atoms in total. The fraction of sp³-hybridized carbons (Fsp3) is 0.686. The van der Waals surface area contributed by atoms with Crippen molar-refractivity contribution in [3.8, 4) is 0 Å². The number of anilines is 1. The normalized spacial score (nSPS) is 12.4. The molecule has 0 aliphatic rings. The number of nitrogens with one attached hydrogen (secondary N) is 1. The van der Waals surface area contributed by atoms with Crippen molar-refractivity contribution in [1.29, 1.82) is 0 Å². The molecule has 0 radical (unpaired) electrons. The van der Waals surface area contributed by atoms with Crippen molar-refractivity contribution in [3.05, 3.63) is 51.4 Å². The van der Waals surface area contributed by atoms with E-state index >= 15 is 0 Å². The molecule has 0 fully saturated rings. The fourth-order valence-electron chi connectivity index (χ4n) is 3.31. The minimum atomic E-state index is -0.190. The Morgan fingerprint density at radius 3 is 1.88 bits per heavy atom. The third-order valence-corrected chi connectivity index (χ3v) is 6.78. The highest BCUT2D eigenvalue weighted by Gasteiger charge is 2.22. The van der Waals surface area contributed by atoms with Crippen LogP contribution in [0.4, 0.5) is 5.00 Å². The van der Waals surface area contributed by atoms with E-state index in [1.54, 1.807) is 11.3 Å². The number of hydroxylamine groups is 1. The number of unbranched alkanes of at least 4 members (excludes halogenated alkanes) is 1. The van der Waals surface area contributed by atoms with Crippen LogP contribution in [0.1, 0.15) is 123 Å². The van der Waals surface area contributed by atoms with E-state index < -0.39 is 0 Å². The average Bonchev–Trinajstić information content (AvgIpc) is 3.20. The lowest BCUT2D eigenvalue weighted by Crippen LogP contribution is -2.36. The Morgan fingerprint density at radius 2 is 1.51 bits per heavy atom. The molecule has 2 aromatic rings. The van der Waals surface area contributed by atoms with Crippen LogP contribution in [0.2, 0.25) is 0 Å². The molecule has 4 N–H and O–H groups in total. The van der Waals surface area contributed by atoms with E-state index in [0.717, 1.165) is 30.5 Å². The lowest BCUT2D eigenvalue weighted by atomic mass is 9.97. The number of benzene rings is 1. The molecular formula is C35H66N4O3S. The minimum absolute atomic E-state index is 0.0601. The molecule has 0 saturated heterocycles. The maximum Gasteiger partial charge on any atom is 0.102 e. The van der Waals surface area contributed by atoms with Crippen molar-refractivity contribution >= 4 is 22.0 Å². The Morgan fingerprint density at radius 1 is 1.00 bits per heavy atom. The molecule has 0 aliphatic heterocycles. The summed E-state index contributed by atoms with van der Waals surface area (Å²) in [6.07, 6.45) is 3.10. The van der Waals surface area contributed by atoms with E-state index in [1.165, 1.54) is 26.6 Å². The van der Waals surface area contributed by atoms with Gasteiger partial charge in [0, 0.05) is 36.6 Å². The fourth-order valence-corrected chi connectivity index (χ4v) is 4.52. The summed E-state index contributed by atoms with van der Waals surface area (Å²) in [7, 11) is 3.89. The highest BCUT2D eigenvalue weighted by Crippen LogP contribution is 2.37. The van der Waals surface area contributed by atoms with Gasteiger partial charge in [0.25, 0.3) is 0 Å². The summed E-state index contributed by atoms with van der Waals surface area (Å²) >= 11 is 1.77. The molecule has 1 heterocycles. The minimum Gasteiger partial charge on any atom is -0.351 e. The molecule has 2 rings (SSSR count). The molecule has 0 saturated carbocycles. The molecular weight excluding hydrogens is 556 g/mol. The second kappa shape index (κ2) is 21.8. The monoisotopic (exact) mass is 622 g/mol. The van der Waals surface area contributed by atoms with Crippen LogP contribution in [0, 0.1) is 19.3 Å². The molecule has 1 aromatic carbocycles. The third-order valence-electron chi connectivity index (χ3n) is 5.48. The van der Waals surface area contributed by atoms with Gasteiger partial charge in [0.05, 0.1) is 23.6 Å². The van der Waals surface area contributed by atoms with Crippen molar-refractivity contribution < 1.29 is 15.0 Å². The zero-order chi connectivity index (χ0) is 34.0. The number of hydrogen-bond acceptors (Lipinski definition) is 8. The summed E-state index contributed by atoms with van der Waals surface area (Å²) < 4.78 is 0. The molecule has 1 atom stereocenters. The summed E-state index contributed by atoms with van der Waals surface area (Å²) in [5.41, 5.74) is 14.5. The van der Waals surface area contributed by atoms with Crippen LogP contribution in [0.15, 0.2) is 29.3 Å². The molecule has 1 unspecified atom stereocenters. The standard InChI is InChI=1S/C21H32N4OS.C7H16O2.C5H12.C2H6/c1-14-15(2)27-21(25(5)16(3)22)19(14)20(23-4)18-11-9-17(10-12-18)8-6-7-13-24-26;1-6(2)8-9-7(3,4)5;1-5(2,3)4;1-2/h9-12,16,24,26H,6-8,13,22H2,1-5H3;6H,1-5H3;1-4H3;1-2H3. The number of aryl methyl sites for hydroxylation is 2. The highest BCUT2D eigenvalue weighted by atomic mass is 32.1. The summed E-state index contributed by atoms with van der Waals surface area (Å²) in [6.45, 7) is 29.4. The molecule has 0 bridgehead atoms. The van der Waals surface area contributed by atoms with E-state index in [-0.39, 0.29) is 17.9 Å². The summed E-state index contributed by atoms with van der Waals surface area (Å²) in [4.78, 5) is 18.0. The first-order valence-electron chi connectivity index (χ1n) is 15.7. The second-order valence-electron chi connectivity index (χ2n) is 13.3. The molecule has 1 aromatic heterocycles. The summed E-state index contributed by atoms with van der Waals surface area (Å²) in [5.74, 6) is 0. The Bertz CT molecular complexity index is 1010. The smallest absolute Gasteiger partial charge is 0.102 e. The van der Waals surface area contributed by atoms with Gasteiger partial charge >= 0.3 is 0 Å². The van der Waals surface area contributed by atoms with Crippen LogP contribution in [0.25, 0.3) is 0 Å². The zero-order valence-electron chi connectivity index (χ0n) is 30.4. The Balaban J connectivity index is 0. The number of thiophene rings is 1. The number of aliphatic imine (C=N–C) groups is 1. The topological polar surface area (TPSA) is 92.3 Å². The summed E-state index contributed by atoms with van der Waals surface area (Å²) in [6, 6.07) is 8.67. The van der Waals surface area contributed by atoms with Crippen LogP contribution in [-0.2, 0) is 16.2 Å². The number of rotatable bonds is 11. The van der Waals surface area contributed by atoms with Crippen LogP contribution in [0.5, 0.6) is 0 Å².